The number of rotatable bonds is 3. The number of amidine groups is 1. The lowest BCUT2D eigenvalue weighted by Gasteiger charge is -2.15. The van der Waals surface area contributed by atoms with E-state index in [-0.39, 0.29) is 11.7 Å². The Morgan fingerprint density at radius 3 is 1.86 bits per heavy atom. The molecule has 4 rings (SSSR count). The van der Waals surface area contributed by atoms with E-state index in [1.807, 2.05) is 0 Å². The minimum absolute atomic E-state index is 0.341. The number of benzene rings is 3. The number of carbonyl (C=O) groups excluding carboxylic acids is 1. The molecule has 0 aromatic heterocycles. The SMILES string of the molecule is O=C1/C(=C\c2ccc(F)cc2)SC(=Nc2ccc(F)cc2)N1c1ccc(F)cc1. The van der Waals surface area contributed by atoms with Crippen LogP contribution in [0.1, 0.15) is 5.56 Å². The Hall–Kier alpha value is -3.32. The Bertz CT molecular complexity index is 1110. The highest BCUT2D eigenvalue weighted by atomic mass is 32.2. The largest absolute Gasteiger partial charge is 0.271 e. The van der Waals surface area contributed by atoms with Gasteiger partial charge in [0.25, 0.3) is 5.91 Å². The molecular formula is C22H13F3N2OS. The third kappa shape index (κ3) is 4.25. The normalized spacial score (nSPS) is 16.8. The van der Waals surface area contributed by atoms with Gasteiger partial charge in [0.1, 0.15) is 17.5 Å². The number of nitrogens with zero attached hydrogens (tertiary/aromatic N) is 2. The fourth-order valence-electron chi connectivity index (χ4n) is 2.70. The summed E-state index contributed by atoms with van der Waals surface area (Å²) >= 11 is 1.13. The minimum Gasteiger partial charge on any atom is -0.268 e. The van der Waals surface area contributed by atoms with Gasteiger partial charge in [-0.3, -0.25) is 9.69 Å². The first kappa shape index (κ1) is 19.0. The summed E-state index contributed by atoms with van der Waals surface area (Å²) in [4.78, 5) is 19.2. The van der Waals surface area contributed by atoms with E-state index in [0.29, 0.717) is 27.0 Å². The lowest BCUT2D eigenvalue weighted by Crippen LogP contribution is -2.28. The van der Waals surface area contributed by atoms with Crippen LogP contribution >= 0.6 is 11.8 Å². The van der Waals surface area contributed by atoms with E-state index >= 15 is 0 Å². The molecule has 1 fully saturated rings. The summed E-state index contributed by atoms with van der Waals surface area (Å²) in [5.74, 6) is -1.53. The van der Waals surface area contributed by atoms with Crippen molar-refractivity contribution in [1.29, 1.82) is 0 Å². The first-order valence-electron chi connectivity index (χ1n) is 8.59. The van der Waals surface area contributed by atoms with Crippen LogP contribution in [-0.4, -0.2) is 11.1 Å². The second kappa shape index (κ2) is 7.97. The fraction of sp³-hybridized carbons (Fsp3) is 0. The Kier molecular flexibility index (Phi) is 5.22. The predicted octanol–water partition coefficient (Wildman–Crippen LogP) is 5.91. The van der Waals surface area contributed by atoms with Crippen LogP contribution in [0.5, 0.6) is 0 Å². The van der Waals surface area contributed by atoms with Gasteiger partial charge in [0.05, 0.1) is 16.3 Å². The van der Waals surface area contributed by atoms with Gasteiger partial charge < -0.3 is 0 Å². The van der Waals surface area contributed by atoms with Crippen molar-refractivity contribution in [3.8, 4) is 0 Å². The van der Waals surface area contributed by atoms with Crippen LogP contribution in [-0.2, 0) is 4.79 Å². The van der Waals surface area contributed by atoms with Crippen LogP contribution < -0.4 is 4.90 Å². The van der Waals surface area contributed by atoms with E-state index in [1.54, 1.807) is 18.2 Å². The zero-order valence-electron chi connectivity index (χ0n) is 14.9. The summed E-state index contributed by atoms with van der Waals surface area (Å²) in [7, 11) is 0. The molecular weight excluding hydrogens is 397 g/mol. The number of thioether (sulfide) groups is 1. The van der Waals surface area contributed by atoms with Crippen molar-refractivity contribution >= 4 is 40.3 Å². The highest BCUT2D eigenvalue weighted by molar-refractivity contribution is 8.19. The number of aliphatic imine (C=N–C) groups is 1. The summed E-state index contributed by atoms with van der Waals surface area (Å²) in [6.45, 7) is 0. The zero-order valence-corrected chi connectivity index (χ0v) is 15.7. The highest BCUT2D eigenvalue weighted by Gasteiger charge is 2.34. The third-order valence-electron chi connectivity index (χ3n) is 4.11. The van der Waals surface area contributed by atoms with E-state index in [4.69, 9.17) is 0 Å². The summed E-state index contributed by atoms with van der Waals surface area (Å²) < 4.78 is 39.7. The van der Waals surface area contributed by atoms with Crippen LogP contribution in [0.3, 0.4) is 0 Å². The lowest BCUT2D eigenvalue weighted by atomic mass is 10.2. The molecule has 1 amide bonds. The first-order chi connectivity index (χ1) is 14.0. The Balaban J connectivity index is 1.76. The maximum atomic E-state index is 13.3. The summed E-state index contributed by atoms with van der Waals surface area (Å²) in [6, 6.07) is 16.8. The molecule has 7 heteroatoms. The molecule has 1 saturated heterocycles. The van der Waals surface area contributed by atoms with Gasteiger partial charge in [0.2, 0.25) is 0 Å². The van der Waals surface area contributed by atoms with Gasteiger partial charge in [-0.2, -0.15) is 0 Å². The Morgan fingerprint density at radius 2 is 1.28 bits per heavy atom. The van der Waals surface area contributed by atoms with Crippen molar-refractivity contribution in [3.63, 3.8) is 0 Å². The molecule has 3 aromatic carbocycles. The number of carbonyl (C=O) groups is 1. The van der Waals surface area contributed by atoms with Crippen LogP contribution in [0.25, 0.3) is 6.08 Å². The van der Waals surface area contributed by atoms with Crippen molar-refractivity contribution in [3.05, 3.63) is 101 Å². The van der Waals surface area contributed by atoms with Crippen molar-refractivity contribution < 1.29 is 18.0 Å². The minimum atomic E-state index is -0.424. The van der Waals surface area contributed by atoms with Gasteiger partial charge in [0, 0.05) is 0 Å². The van der Waals surface area contributed by atoms with E-state index in [2.05, 4.69) is 4.99 Å². The van der Waals surface area contributed by atoms with E-state index < -0.39 is 11.6 Å². The van der Waals surface area contributed by atoms with Crippen molar-refractivity contribution in [2.75, 3.05) is 4.90 Å². The predicted molar refractivity (Wildman–Crippen MR) is 109 cm³/mol. The molecule has 1 heterocycles. The number of hydrogen-bond acceptors (Lipinski definition) is 3. The zero-order chi connectivity index (χ0) is 20.4. The molecule has 0 saturated carbocycles. The Morgan fingerprint density at radius 1 is 0.759 bits per heavy atom. The molecule has 29 heavy (non-hydrogen) atoms. The molecule has 0 aliphatic carbocycles. The van der Waals surface area contributed by atoms with E-state index in [0.717, 1.165) is 11.8 Å². The average molecular weight is 410 g/mol. The molecule has 0 N–H and O–H groups in total. The van der Waals surface area contributed by atoms with E-state index in [1.165, 1.54) is 65.6 Å². The monoisotopic (exact) mass is 410 g/mol. The van der Waals surface area contributed by atoms with Gasteiger partial charge in [0.15, 0.2) is 5.17 Å². The van der Waals surface area contributed by atoms with Crippen molar-refractivity contribution in [2.45, 2.75) is 0 Å². The number of hydrogen-bond donors (Lipinski definition) is 0. The number of anilines is 1. The quantitative estimate of drug-likeness (QED) is 0.503. The highest BCUT2D eigenvalue weighted by Crippen LogP contribution is 2.37. The summed E-state index contributed by atoms with van der Waals surface area (Å²) in [6.07, 6.45) is 1.64. The van der Waals surface area contributed by atoms with Gasteiger partial charge in [-0.05, 0) is 84.1 Å². The van der Waals surface area contributed by atoms with Gasteiger partial charge in [-0.25, -0.2) is 18.2 Å². The molecule has 0 radical (unpaired) electrons. The number of halogens is 3. The Labute approximate surface area is 169 Å². The summed E-state index contributed by atoms with van der Waals surface area (Å²) in [5, 5.41) is 0.349. The molecule has 3 nitrogen and oxygen atoms in total. The standard InChI is InChI=1S/C22H13F3N2OS/c23-15-3-1-14(2-4-15)13-20-21(28)27(19-11-7-17(25)8-12-19)22(29-20)26-18-9-5-16(24)6-10-18/h1-13H/b20-13+,26-22?. The molecule has 0 spiro atoms. The van der Waals surface area contributed by atoms with Gasteiger partial charge >= 0.3 is 0 Å². The molecule has 144 valence electrons. The number of amides is 1. The van der Waals surface area contributed by atoms with Crippen molar-refractivity contribution in [1.82, 2.24) is 0 Å². The first-order valence-corrected chi connectivity index (χ1v) is 9.41. The maximum absolute atomic E-state index is 13.3. The van der Waals surface area contributed by atoms with Gasteiger partial charge in [-0.1, -0.05) is 12.1 Å². The third-order valence-corrected chi connectivity index (χ3v) is 5.08. The second-order valence-electron chi connectivity index (χ2n) is 6.15. The van der Waals surface area contributed by atoms with E-state index in [9.17, 15) is 18.0 Å². The average Bonchev–Trinajstić information content (AvgIpc) is 3.01. The van der Waals surface area contributed by atoms with Gasteiger partial charge in [-0.15, -0.1) is 0 Å². The van der Waals surface area contributed by atoms with Crippen molar-refractivity contribution in [2.24, 2.45) is 4.99 Å². The maximum Gasteiger partial charge on any atom is 0.271 e. The van der Waals surface area contributed by atoms with Crippen LogP contribution in [0.2, 0.25) is 0 Å². The molecule has 1 aliphatic rings. The van der Waals surface area contributed by atoms with Crippen LogP contribution in [0, 0.1) is 17.5 Å². The smallest absolute Gasteiger partial charge is 0.268 e. The molecule has 1 aliphatic heterocycles. The molecule has 0 bridgehead atoms. The second-order valence-corrected chi connectivity index (χ2v) is 7.16. The summed E-state index contributed by atoms with van der Waals surface area (Å²) in [5.41, 5.74) is 1.58. The fourth-order valence-corrected chi connectivity index (χ4v) is 3.70. The molecule has 0 atom stereocenters. The lowest BCUT2D eigenvalue weighted by molar-refractivity contribution is -0.113. The van der Waals surface area contributed by atoms with Crippen LogP contribution in [0.15, 0.2) is 82.7 Å². The topological polar surface area (TPSA) is 32.7 Å². The molecule has 0 unspecified atom stereocenters. The molecule has 3 aromatic rings. The van der Waals surface area contributed by atoms with Crippen LogP contribution in [0.4, 0.5) is 24.5 Å².